The molecule has 0 spiro atoms. The van der Waals surface area contributed by atoms with Gasteiger partial charge >= 0.3 is 0 Å². The van der Waals surface area contributed by atoms with E-state index in [2.05, 4.69) is 0 Å². The zero-order valence-electron chi connectivity index (χ0n) is 7.94. The maximum Gasteiger partial charge on any atom is 0.249 e. The highest BCUT2D eigenvalue weighted by molar-refractivity contribution is 5.46. The van der Waals surface area contributed by atoms with Crippen LogP contribution < -0.4 is 10.3 Å². The number of aromatic hydroxyl groups is 1. The first kappa shape index (κ1) is 9.64. The van der Waals surface area contributed by atoms with Crippen molar-refractivity contribution in [1.29, 1.82) is 0 Å². The summed E-state index contributed by atoms with van der Waals surface area (Å²) in [5, 5.41) is 9.10. The monoisotopic (exact) mass is 183 g/mol. The molecule has 0 unspecified atom stereocenters. The summed E-state index contributed by atoms with van der Waals surface area (Å²) in [6.45, 7) is 3.90. The van der Waals surface area contributed by atoms with Crippen LogP contribution in [0.3, 0.4) is 0 Å². The molecule has 0 saturated heterocycles. The van der Waals surface area contributed by atoms with E-state index < -0.39 is 5.43 Å². The Morgan fingerprint density at radius 3 is 2.62 bits per heavy atom. The summed E-state index contributed by atoms with van der Waals surface area (Å²) in [4.78, 5) is 13.1. The summed E-state index contributed by atoms with van der Waals surface area (Å²) in [5.41, 5.74) is -0.0301. The lowest BCUT2D eigenvalue weighted by Crippen LogP contribution is -2.29. The van der Waals surface area contributed by atoms with Crippen LogP contribution in [0.25, 0.3) is 0 Å². The predicted octanol–water partition coefficient (Wildman–Crippen LogP) is 1.19. The summed E-state index contributed by atoms with van der Waals surface area (Å²) in [5.74, 6) is -0.356. The van der Waals surface area contributed by atoms with Gasteiger partial charge in [0.1, 0.15) is 18.2 Å². The smallest absolute Gasteiger partial charge is 0.249 e. The molecule has 13 heavy (non-hydrogen) atoms. The largest absolute Gasteiger partial charge is 0.502 e. The molecule has 1 rings (SSSR count). The van der Waals surface area contributed by atoms with E-state index in [0.29, 0.717) is 5.69 Å². The Morgan fingerprint density at radius 2 is 2.08 bits per heavy atom. The van der Waals surface area contributed by atoms with Gasteiger partial charge in [0, 0.05) is 13.1 Å². The van der Waals surface area contributed by atoms with Crippen LogP contribution in [0.2, 0.25) is 0 Å². The molecule has 0 saturated carbocycles. The molecule has 0 aliphatic heterocycles. The Morgan fingerprint density at radius 1 is 1.46 bits per heavy atom. The number of rotatable bonds is 2. The second-order valence-electron chi connectivity index (χ2n) is 3.18. The van der Waals surface area contributed by atoms with E-state index in [1.807, 2.05) is 13.8 Å². The Kier molecular flexibility index (Phi) is 2.60. The summed E-state index contributed by atoms with van der Waals surface area (Å²) < 4.78 is 4.80. The van der Waals surface area contributed by atoms with Gasteiger partial charge < -0.3 is 14.4 Å². The summed E-state index contributed by atoms with van der Waals surface area (Å²) >= 11 is 0. The minimum Gasteiger partial charge on any atom is -0.502 e. The van der Waals surface area contributed by atoms with Gasteiger partial charge in [0.25, 0.3) is 0 Å². The Bertz CT molecular complexity index is 343. The fourth-order valence-electron chi connectivity index (χ4n) is 0.923. The molecular weight excluding hydrogens is 170 g/mol. The van der Waals surface area contributed by atoms with E-state index in [1.165, 1.54) is 6.26 Å². The minimum absolute atomic E-state index is 0.185. The van der Waals surface area contributed by atoms with Crippen LogP contribution in [-0.2, 0) is 0 Å². The van der Waals surface area contributed by atoms with Gasteiger partial charge in [0.2, 0.25) is 11.2 Å². The standard InChI is InChI=1S/C9H13NO3/c1-6(2)10(3)7-4-13-5-8(11)9(7)12/h4-6,11H,1-3H3. The number of anilines is 1. The maximum absolute atomic E-state index is 11.4. The zero-order valence-corrected chi connectivity index (χ0v) is 7.94. The van der Waals surface area contributed by atoms with E-state index in [9.17, 15) is 4.79 Å². The molecule has 0 aliphatic rings. The lowest BCUT2D eigenvalue weighted by Gasteiger charge is -2.21. The third kappa shape index (κ3) is 1.83. The van der Waals surface area contributed by atoms with Crippen molar-refractivity contribution in [3.63, 3.8) is 0 Å². The first-order valence-corrected chi connectivity index (χ1v) is 4.06. The molecule has 0 atom stereocenters. The first-order chi connectivity index (χ1) is 6.04. The van der Waals surface area contributed by atoms with E-state index in [-0.39, 0.29) is 11.8 Å². The molecule has 0 fully saturated rings. The summed E-state index contributed by atoms with van der Waals surface area (Å²) in [6.07, 6.45) is 2.36. The van der Waals surface area contributed by atoms with Gasteiger partial charge in [0.15, 0.2) is 0 Å². The Hall–Kier alpha value is -1.45. The molecule has 0 bridgehead atoms. The van der Waals surface area contributed by atoms with Crippen LogP contribution in [-0.4, -0.2) is 18.2 Å². The molecule has 4 nitrogen and oxygen atoms in total. The van der Waals surface area contributed by atoms with Gasteiger partial charge in [-0.05, 0) is 13.8 Å². The van der Waals surface area contributed by atoms with Crippen LogP contribution in [0.4, 0.5) is 5.69 Å². The van der Waals surface area contributed by atoms with Crippen molar-refractivity contribution in [2.75, 3.05) is 11.9 Å². The summed E-state index contributed by atoms with van der Waals surface area (Å²) in [7, 11) is 1.77. The van der Waals surface area contributed by atoms with Gasteiger partial charge in [-0.1, -0.05) is 0 Å². The van der Waals surface area contributed by atoms with Gasteiger partial charge in [0.05, 0.1) is 0 Å². The molecule has 1 aromatic rings. The quantitative estimate of drug-likeness (QED) is 0.748. The number of nitrogens with zero attached hydrogens (tertiary/aromatic N) is 1. The molecule has 0 aromatic carbocycles. The van der Waals surface area contributed by atoms with Gasteiger partial charge in [-0.2, -0.15) is 0 Å². The highest BCUT2D eigenvalue weighted by Crippen LogP contribution is 2.12. The molecule has 4 heteroatoms. The average Bonchev–Trinajstić information content (AvgIpc) is 2.08. The molecule has 0 amide bonds. The van der Waals surface area contributed by atoms with Crippen LogP contribution >= 0.6 is 0 Å². The topological polar surface area (TPSA) is 53.7 Å². The van der Waals surface area contributed by atoms with Crippen LogP contribution in [0.5, 0.6) is 5.75 Å². The fourth-order valence-corrected chi connectivity index (χ4v) is 0.923. The molecule has 1 aromatic heterocycles. The highest BCUT2D eigenvalue weighted by atomic mass is 16.3. The van der Waals surface area contributed by atoms with E-state index in [0.717, 1.165) is 6.26 Å². The molecule has 1 N–H and O–H groups in total. The van der Waals surface area contributed by atoms with Crippen LogP contribution in [0, 0.1) is 0 Å². The summed E-state index contributed by atoms with van der Waals surface area (Å²) in [6, 6.07) is 0.185. The van der Waals surface area contributed by atoms with Crippen molar-refractivity contribution in [3.05, 3.63) is 22.7 Å². The van der Waals surface area contributed by atoms with Gasteiger partial charge in [-0.15, -0.1) is 0 Å². The molecular formula is C9H13NO3. The normalized spacial score (nSPS) is 10.5. The third-order valence-corrected chi connectivity index (χ3v) is 1.98. The Labute approximate surface area is 76.4 Å². The van der Waals surface area contributed by atoms with Gasteiger partial charge in [-0.25, -0.2) is 0 Å². The Balaban J connectivity index is 3.16. The number of hydrogen-bond donors (Lipinski definition) is 1. The van der Waals surface area contributed by atoms with Crippen molar-refractivity contribution in [1.82, 2.24) is 0 Å². The predicted molar refractivity (Wildman–Crippen MR) is 50.2 cm³/mol. The van der Waals surface area contributed by atoms with Crippen molar-refractivity contribution in [2.24, 2.45) is 0 Å². The third-order valence-electron chi connectivity index (χ3n) is 1.98. The van der Waals surface area contributed by atoms with Crippen molar-refractivity contribution < 1.29 is 9.52 Å². The fraction of sp³-hybridized carbons (Fsp3) is 0.444. The molecule has 0 aliphatic carbocycles. The van der Waals surface area contributed by atoms with Crippen molar-refractivity contribution in [3.8, 4) is 5.75 Å². The van der Waals surface area contributed by atoms with E-state index in [4.69, 9.17) is 9.52 Å². The SMILES string of the molecule is CC(C)N(C)c1cocc(O)c1=O. The molecule has 0 radical (unpaired) electrons. The average molecular weight is 183 g/mol. The zero-order chi connectivity index (χ0) is 10.0. The molecule has 72 valence electrons. The second-order valence-corrected chi connectivity index (χ2v) is 3.18. The second kappa shape index (κ2) is 3.51. The maximum atomic E-state index is 11.4. The van der Waals surface area contributed by atoms with Crippen molar-refractivity contribution in [2.45, 2.75) is 19.9 Å². The minimum atomic E-state index is -0.401. The highest BCUT2D eigenvalue weighted by Gasteiger charge is 2.11. The van der Waals surface area contributed by atoms with E-state index >= 15 is 0 Å². The van der Waals surface area contributed by atoms with Crippen LogP contribution in [0.15, 0.2) is 21.7 Å². The van der Waals surface area contributed by atoms with Crippen LogP contribution in [0.1, 0.15) is 13.8 Å². The first-order valence-electron chi connectivity index (χ1n) is 4.06. The van der Waals surface area contributed by atoms with Crippen molar-refractivity contribution >= 4 is 5.69 Å². The lowest BCUT2D eigenvalue weighted by molar-refractivity contribution is 0.429. The van der Waals surface area contributed by atoms with Gasteiger partial charge in [-0.3, -0.25) is 4.79 Å². The van der Waals surface area contributed by atoms with E-state index in [1.54, 1.807) is 11.9 Å². The lowest BCUT2D eigenvalue weighted by atomic mass is 10.3. The molecule has 1 heterocycles. The number of hydrogen-bond acceptors (Lipinski definition) is 4.